The summed E-state index contributed by atoms with van der Waals surface area (Å²) >= 11 is 0. The van der Waals surface area contributed by atoms with Crippen LogP contribution in [0.4, 0.5) is 4.39 Å². The Hall–Kier alpha value is -1.43. The number of benzene rings is 1. The average molecular weight is 271 g/mol. The molecule has 1 atom stereocenters. The van der Waals surface area contributed by atoms with Gasteiger partial charge in [0.25, 0.3) is 15.9 Å². The van der Waals surface area contributed by atoms with Crippen molar-refractivity contribution in [2.75, 3.05) is 0 Å². The molecule has 0 aliphatic carbocycles. The predicted molar refractivity (Wildman–Crippen MR) is 64.7 cm³/mol. The fraction of sp³-hybridized carbons (Fsp3) is 0.417. The van der Waals surface area contributed by atoms with Gasteiger partial charge in [0.15, 0.2) is 0 Å². The Morgan fingerprint density at radius 3 is 2.67 bits per heavy atom. The zero-order chi connectivity index (χ0) is 13.5. The monoisotopic (exact) mass is 271 g/mol. The van der Waals surface area contributed by atoms with Crippen LogP contribution >= 0.6 is 0 Å². The second kappa shape index (κ2) is 4.35. The fourth-order valence-electron chi connectivity index (χ4n) is 2.06. The fourth-order valence-corrected chi connectivity index (χ4v) is 3.25. The molecule has 6 heteroatoms. The number of halogens is 1. The first-order chi connectivity index (χ1) is 8.36. The molecule has 0 bridgehead atoms. The highest BCUT2D eigenvalue weighted by Crippen LogP contribution is 2.29. The van der Waals surface area contributed by atoms with Crippen LogP contribution in [0.3, 0.4) is 0 Å². The van der Waals surface area contributed by atoms with E-state index in [2.05, 4.69) is 0 Å². The van der Waals surface area contributed by atoms with Gasteiger partial charge >= 0.3 is 0 Å². The van der Waals surface area contributed by atoms with E-state index in [1.54, 1.807) is 19.9 Å². The first-order valence-electron chi connectivity index (χ1n) is 5.70. The zero-order valence-electron chi connectivity index (χ0n) is 10.2. The smallest absolute Gasteiger partial charge is 0.266 e. The van der Waals surface area contributed by atoms with Crippen molar-refractivity contribution in [2.24, 2.45) is 0 Å². The molecule has 1 heterocycles. The summed E-state index contributed by atoms with van der Waals surface area (Å²) in [5.74, 6) is -0.660. The van der Waals surface area contributed by atoms with Crippen molar-refractivity contribution in [3.8, 4) is 0 Å². The first kappa shape index (κ1) is 13.0. The Kier molecular flexibility index (Phi) is 3.14. The van der Waals surface area contributed by atoms with Gasteiger partial charge in [-0.2, -0.15) is 0 Å². The van der Waals surface area contributed by atoms with Gasteiger partial charge in [-0.15, -0.1) is 0 Å². The third kappa shape index (κ3) is 2.01. The second-order valence-corrected chi connectivity index (χ2v) is 6.03. The SMILES string of the molecule is CCC(F)Cc1c(C)ccc2c1C(=O)NS2(=O)=O. The van der Waals surface area contributed by atoms with Crippen molar-refractivity contribution in [1.82, 2.24) is 4.72 Å². The number of alkyl halides is 1. The minimum atomic E-state index is -3.76. The molecule has 0 saturated heterocycles. The number of carbonyl (C=O) groups is 1. The first-order valence-corrected chi connectivity index (χ1v) is 7.18. The molecule has 1 aromatic rings. The molecule has 0 radical (unpaired) electrons. The number of hydrogen-bond donors (Lipinski definition) is 1. The molecule has 1 aromatic carbocycles. The molecule has 0 aromatic heterocycles. The number of aryl methyl sites for hydroxylation is 1. The van der Waals surface area contributed by atoms with E-state index in [-0.39, 0.29) is 16.9 Å². The summed E-state index contributed by atoms with van der Waals surface area (Å²) < 4.78 is 38.7. The molecule has 0 saturated carbocycles. The topological polar surface area (TPSA) is 63.2 Å². The molecule has 0 spiro atoms. The molecule has 1 N–H and O–H groups in total. The molecule has 1 aliphatic rings. The number of rotatable bonds is 3. The van der Waals surface area contributed by atoms with E-state index in [4.69, 9.17) is 0 Å². The molecular formula is C12H14FNO3S. The van der Waals surface area contributed by atoms with Crippen molar-refractivity contribution in [2.45, 2.75) is 37.8 Å². The van der Waals surface area contributed by atoms with Crippen molar-refractivity contribution in [3.05, 3.63) is 28.8 Å². The molecule has 4 nitrogen and oxygen atoms in total. The van der Waals surface area contributed by atoms with Gasteiger partial charge in [0.2, 0.25) is 0 Å². The van der Waals surface area contributed by atoms with E-state index < -0.39 is 22.1 Å². The second-order valence-electron chi connectivity index (χ2n) is 4.38. The van der Waals surface area contributed by atoms with Gasteiger partial charge in [-0.25, -0.2) is 17.5 Å². The van der Waals surface area contributed by atoms with Crippen LogP contribution in [0.5, 0.6) is 0 Å². The Balaban J connectivity index is 2.61. The van der Waals surface area contributed by atoms with Crippen LogP contribution in [0.15, 0.2) is 17.0 Å². The summed E-state index contributed by atoms with van der Waals surface area (Å²) in [6.45, 7) is 3.45. The number of fused-ring (bicyclic) bond motifs is 1. The molecule has 1 aliphatic heterocycles. The lowest BCUT2D eigenvalue weighted by Crippen LogP contribution is -2.21. The van der Waals surface area contributed by atoms with Crippen molar-refractivity contribution >= 4 is 15.9 Å². The van der Waals surface area contributed by atoms with Crippen LogP contribution in [0.25, 0.3) is 0 Å². The van der Waals surface area contributed by atoms with Crippen LogP contribution in [-0.2, 0) is 16.4 Å². The van der Waals surface area contributed by atoms with E-state index in [9.17, 15) is 17.6 Å². The summed E-state index contributed by atoms with van der Waals surface area (Å²) in [6.07, 6.45) is -0.683. The van der Waals surface area contributed by atoms with Crippen LogP contribution in [-0.4, -0.2) is 20.5 Å². The Labute approximate surface area is 105 Å². The number of sulfonamides is 1. The zero-order valence-corrected chi connectivity index (χ0v) is 11.0. The van der Waals surface area contributed by atoms with Crippen molar-refractivity contribution in [3.63, 3.8) is 0 Å². The lowest BCUT2D eigenvalue weighted by atomic mass is 9.96. The van der Waals surface area contributed by atoms with E-state index >= 15 is 0 Å². The maximum absolute atomic E-state index is 13.5. The van der Waals surface area contributed by atoms with Gasteiger partial charge < -0.3 is 0 Å². The van der Waals surface area contributed by atoms with E-state index in [1.165, 1.54) is 6.07 Å². The Morgan fingerprint density at radius 1 is 1.39 bits per heavy atom. The number of carbonyl (C=O) groups excluding carboxylic acids is 1. The van der Waals surface area contributed by atoms with Gasteiger partial charge in [-0.1, -0.05) is 13.0 Å². The quantitative estimate of drug-likeness (QED) is 0.910. The van der Waals surface area contributed by atoms with Gasteiger partial charge in [0.1, 0.15) is 11.1 Å². The lowest BCUT2D eigenvalue weighted by Gasteiger charge is -2.11. The van der Waals surface area contributed by atoms with Crippen LogP contribution in [0, 0.1) is 6.92 Å². The summed E-state index contributed by atoms with van der Waals surface area (Å²) in [4.78, 5) is 11.7. The average Bonchev–Trinajstić information content (AvgIpc) is 2.52. The summed E-state index contributed by atoms with van der Waals surface area (Å²) in [6, 6.07) is 3.00. The summed E-state index contributed by atoms with van der Waals surface area (Å²) in [7, 11) is -3.76. The standard InChI is InChI=1S/C12H14FNO3S/c1-3-8(13)6-9-7(2)4-5-10-11(9)12(15)14-18(10,16)17/h4-5,8H,3,6H2,1-2H3,(H,14,15). The third-order valence-corrected chi connectivity index (χ3v) is 4.49. The van der Waals surface area contributed by atoms with Gasteiger partial charge in [-0.3, -0.25) is 4.79 Å². The molecule has 0 fully saturated rings. The van der Waals surface area contributed by atoms with Crippen LogP contribution in [0.2, 0.25) is 0 Å². The normalized spacial score (nSPS) is 18.3. The van der Waals surface area contributed by atoms with Crippen molar-refractivity contribution < 1.29 is 17.6 Å². The van der Waals surface area contributed by atoms with E-state index in [0.29, 0.717) is 12.0 Å². The third-order valence-electron chi connectivity index (χ3n) is 3.12. The molecule has 2 rings (SSSR count). The van der Waals surface area contributed by atoms with E-state index in [0.717, 1.165) is 5.56 Å². The highest BCUT2D eigenvalue weighted by Gasteiger charge is 2.35. The van der Waals surface area contributed by atoms with Crippen molar-refractivity contribution in [1.29, 1.82) is 0 Å². The summed E-state index contributed by atoms with van der Waals surface area (Å²) in [5.41, 5.74) is 1.32. The molecule has 18 heavy (non-hydrogen) atoms. The maximum atomic E-state index is 13.5. The lowest BCUT2D eigenvalue weighted by molar-refractivity contribution is 0.0984. The number of amides is 1. The number of hydrogen-bond acceptors (Lipinski definition) is 3. The van der Waals surface area contributed by atoms with Crippen LogP contribution in [0.1, 0.15) is 34.8 Å². The van der Waals surface area contributed by atoms with Gasteiger partial charge in [0, 0.05) is 6.42 Å². The Morgan fingerprint density at radius 2 is 2.06 bits per heavy atom. The Bertz CT molecular complexity index is 610. The highest BCUT2D eigenvalue weighted by atomic mass is 32.2. The predicted octanol–water partition coefficient (Wildman–Crippen LogP) is 1.72. The largest absolute Gasteiger partial charge is 0.268 e. The molecule has 1 unspecified atom stereocenters. The van der Waals surface area contributed by atoms with Gasteiger partial charge in [0.05, 0.1) is 5.56 Å². The van der Waals surface area contributed by atoms with Gasteiger partial charge in [-0.05, 0) is 30.5 Å². The highest BCUT2D eigenvalue weighted by molar-refractivity contribution is 7.90. The van der Waals surface area contributed by atoms with E-state index in [1.807, 2.05) is 4.72 Å². The van der Waals surface area contributed by atoms with Crippen LogP contribution < -0.4 is 4.72 Å². The molecular weight excluding hydrogens is 257 g/mol. The minimum absolute atomic E-state index is 0.0450. The molecule has 1 amide bonds. The minimum Gasteiger partial charge on any atom is -0.268 e. The summed E-state index contributed by atoms with van der Waals surface area (Å²) in [5, 5.41) is 0. The maximum Gasteiger partial charge on any atom is 0.266 e. The number of nitrogens with one attached hydrogen (secondary N) is 1. The molecule has 98 valence electrons.